The van der Waals surface area contributed by atoms with E-state index >= 15 is 0 Å². The van der Waals surface area contributed by atoms with Crippen molar-refractivity contribution in [2.24, 2.45) is 5.73 Å². The average molecular weight is 407 g/mol. The number of alkyl halides is 3. The molecule has 4 rings (SSSR count). The number of aryl methyl sites for hydroxylation is 1. The summed E-state index contributed by atoms with van der Waals surface area (Å²) in [5.74, 6) is -1.95. The van der Waals surface area contributed by atoms with Crippen molar-refractivity contribution in [3.8, 4) is 0 Å². The number of fused-ring (bicyclic) bond motifs is 1. The number of hydrogen-bond acceptors (Lipinski definition) is 4. The van der Waals surface area contributed by atoms with E-state index in [1.165, 1.54) is 11.1 Å². The molecule has 29 heavy (non-hydrogen) atoms. The number of nitrogens with zero attached hydrogens (tertiary/aromatic N) is 4. The highest BCUT2D eigenvalue weighted by molar-refractivity contribution is 5.91. The number of carbonyl (C=O) groups excluding carboxylic acids is 1. The van der Waals surface area contributed by atoms with Crippen molar-refractivity contribution in [3.63, 3.8) is 0 Å². The summed E-state index contributed by atoms with van der Waals surface area (Å²) in [5, 5.41) is 3.45. The van der Waals surface area contributed by atoms with E-state index in [1.807, 2.05) is 6.07 Å². The quantitative estimate of drug-likeness (QED) is 0.849. The summed E-state index contributed by atoms with van der Waals surface area (Å²) >= 11 is 0. The van der Waals surface area contributed by atoms with Crippen molar-refractivity contribution < 1.29 is 18.0 Å². The Hall–Kier alpha value is -2.42. The molecule has 0 atom stereocenters. The van der Waals surface area contributed by atoms with Crippen LogP contribution in [-0.4, -0.2) is 44.7 Å². The van der Waals surface area contributed by atoms with Gasteiger partial charge in [-0.15, -0.1) is 5.10 Å². The fraction of sp³-hybridized carbons (Fsp3) is 0.550. The molecule has 1 aliphatic carbocycles. The third kappa shape index (κ3) is 3.52. The summed E-state index contributed by atoms with van der Waals surface area (Å²) in [4.78, 5) is 17.9. The molecule has 2 N–H and O–H groups in total. The number of rotatable bonds is 3. The zero-order valence-electron chi connectivity index (χ0n) is 16.2. The minimum atomic E-state index is -4.66. The molecule has 0 radical (unpaired) electrons. The molecular weight excluding hydrogens is 383 g/mol. The number of nitrogens with two attached hydrogens (primary N) is 1. The molecule has 156 valence electrons. The molecule has 0 bridgehead atoms. The van der Waals surface area contributed by atoms with Gasteiger partial charge in [0.15, 0.2) is 0 Å². The SMILES string of the molecule is Cc1cccc([C@]2(CN)CC[C@@H](N3CCn4nc(C(F)(F)F)nc4C3=O)CC2)c1. The molecule has 6 nitrogen and oxygen atoms in total. The van der Waals surface area contributed by atoms with Crippen LogP contribution in [0.1, 0.15) is 53.3 Å². The highest BCUT2D eigenvalue weighted by atomic mass is 19.4. The minimum Gasteiger partial charge on any atom is -0.331 e. The molecular formula is C20H24F3N5O. The summed E-state index contributed by atoms with van der Waals surface area (Å²) in [5.41, 5.74) is 8.45. The molecule has 1 amide bonds. The van der Waals surface area contributed by atoms with Crippen molar-refractivity contribution in [2.45, 2.75) is 56.8 Å². The molecule has 1 aliphatic heterocycles. The number of halogens is 3. The first-order valence-electron chi connectivity index (χ1n) is 9.84. The molecule has 1 aromatic heterocycles. The predicted octanol–water partition coefficient (Wildman–Crippen LogP) is 2.90. The maximum atomic E-state index is 12.9. The Labute approximate surface area is 166 Å². The Morgan fingerprint density at radius 1 is 1.24 bits per heavy atom. The first-order chi connectivity index (χ1) is 13.7. The zero-order valence-corrected chi connectivity index (χ0v) is 16.2. The molecule has 2 aromatic rings. The van der Waals surface area contributed by atoms with Crippen LogP contribution in [0.2, 0.25) is 0 Å². The molecule has 0 spiro atoms. The van der Waals surface area contributed by atoms with Crippen LogP contribution in [0.4, 0.5) is 13.2 Å². The van der Waals surface area contributed by atoms with E-state index in [9.17, 15) is 18.0 Å². The number of carbonyl (C=O) groups is 1. The monoisotopic (exact) mass is 407 g/mol. The second-order valence-electron chi connectivity index (χ2n) is 8.06. The topological polar surface area (TPSA) is 77.0 Å². The van der Waals surface area contributed by atoms with Gasteiger partial charge in [-0.25, -0.2) is 4.68 Å². The number of hydrogen-bond donors (Lipinski definition) is 1. The number of benzene rings is 1. The van der Waals surface area contributed by atoms with Crippen LogP contribution in [0.25, 0.3) is 0 Å². The van der Waals surface area contributed by atoms with Gasteiger partial charge in [-0.05, 0) is 38.2 Å². The Bertz CT molecular complexity index is 915. The first-order valence-corrected chi connectivity index (χ1v) is 9.84. The second-order valence-corrected chi connectivity index (χ2v) is 8.06. The number of aromatic nitrogens is 3. The zero-order chi connectivity index (χ0) is 20.8. The maximum Gasteiger partial charge on any atom is 0.453 e. The van der Waals surface area contributed by atoms with E-state index in [1.54, 1.807) is 4.90 Å². The lowest BCUT2D eigenvalue weighted by molar-refractivity contribution is -0.145. The van der Waals surface area contributed by atoms with Gasteiger partial charge in [-0.1, -0.05) is 29.8 Å². The Kier molecular flexibility index (Phi) is 4.88. The highest BCUT2D eigenvalue weighted by Gasteiger charge is 2.43. The van der Waals surface area contributed by atoms with E-state index in [0.29, 0.717) is 13.1 Å². The molecule has 1 aromatic carbocycles. The Morgan fingerprint density at radius 2 is 1.97 bits per heavy atom. The van der Waals surface area contributed by atoms with Gasteiger partial charge in [-0.3, -0.25) is 4.79 Å². The molecule has 9 heteroatoms. The second kappa shape index (κ2) is 7.12. The maximum absolute atomic E-state index is 12.9. The van der Waals surface area contributed by atoms with E-state index in [-0.39, 0.29) is 23.8 Å². The highest BCUT2D eigenvalue weighted by Crippen LogP contribution is 2.41. The Balaban J connectivity index is 1.50. The molecule has 1 fully saturated rings. The van der Waals surface area contributed by atoms with E-state index in [2.05, 4.69) is 35.2 Å². The van der Waals surface area contributed by atoms with Crippen LogP contribution in [0, 0.1) is 6.92 Å². The third-order valence-electron chi connectivity index (χ3n) is 6.30. The van der Waals surface area contributed by atoms with Gasteiger partial charge in [0.2, 0.25) is 5.82 Å². The van der Waals surface area contributed by atoms with Gasteiger partial charge in [0, 0.05) is 24.5 Å². The van der Waals surface area contributed by atoms with Gasteiger partial charge in [0.25, 0.3) is 11.7 Å². The van der Waals surface area contributed by atoms with Gasteiger partial charge in [-0.2, -0.15) is 18.2 Å². The summed E-state index contributed by atoms with van der Waals surface area (Å²) in [6.07, 6.45) is -1.47. The largest absolute Gasteiger partial charge is 0.453 e. The summed E-state index contributed by atoms with van der Waals surface area (Å²) in [7, 11) is 0. The molecule has 0 saturated heterocycles. The van der Waals surface area contributed by atoms with Crippen LogP contribution in [0.15, 0.2) is 24.3 Å². The lowest BCUT2D eigenvalue weighted by atomic mass is 9.67. The van der Waals surface area contributed by atoms with Crippen molar-refractivity contribution in [1.82, 2.24) is 19.7 Å². The standard InChI is InChI=1S/C20H24F3N5O/c1-13-3-2-4-14(11-13)19(12-24)7-5-15(6-8-19)27-9-10-28-16(17(27)29)25-18(26-28)20(21,22)23/h2-4,11,15H,5-10,12,24H2,1H3/t15-,19-. The van der Waals surface area contributed by atoms with Crippen molar-refractivity contribution in [3.05, 3.63) is 47.0 Å². The molecule has 1 saturated carbocycles. The van der Waals surface area contributed by atoms with E-state index in [0.717, 1.165) is 30.4 Å². The van der Waals surface area contributed by atoms with E-state index in [4.69, 9.17) is 5.73 Å². The number of amides is 1. The van der Waals surface area contributed by atoms with Gasteiger partial charge in [0.05, 0.1) is 6.54 Å². The lowest BCUT2D eigenvalue weighted by Crippen LogP contribution is -2.51. The minimum absolute atomic E-state index is 0.0215. The van der Waals surface area contributed by atoms with Crippen molar-refractivity contribution >= 4 is 5.91 Å². The summed E-state index contributed by atoms with van der Waals surface area (Å²) in [6, 6.07) is 8.34. The van der Waals surface area contributed by atoms with Crippen molar-refractivity contribution in [1.29, 1.82) is 0 Å². The molecule has 2 heterocycles. The Morgan fingerprint density at radius 3 is 2.59 bits per heavy atom. The van der Waals surface area contributed by atoms with Crippen molar-refractivity contribution in [2.75, 3.05) is 13.1 Å². The summed E-state index contributed by atoms with van der Waals surface area (Å²) in [6.45, 7) is 3.15. The van der Waals surface area contributed by atoms with Gasteiger partial charge >= 0.3 is 6.18 Å². The smallest absolute Gasteiger partial charge is 0.331 e. The van der Waals surface area contributed by atoms with Crippen LogP contribution < -0.4 is 5.73 Å². The van der Waals surface area contributed by atoms with Crippen LogP contribution in [-0.2, 0) is 18.1 Å². The fourth-order valence-electron chi connectivity index (χ4n) is 4.61. The van der Waals surface area contributed by atoms with Crippen LogP contribution >= 0.6 is 0 Å². The predicted molar refractivity (Wildman–Crippen MR) is 100 cm³/mol. The van der Waals surface area contributed by atoms with Crippen LogP contribution in [0.5, 0.6) is 0 Å². The third-order valence-corrected chi connectivity index (χ3v) is 6.30. The van der Waals surface area contributed by atoms with Gasteiger partial charge < -0.3 is 10.6 Å². The van der Waals surface area contributed by atoms with Gasteiger partial charge in [0.1, 0.15) is 0 Å². The fourth-order valence-corrected chi connectivity index (χ4v) is 4.61. The molecule has 2 aliphatic rings. The lowest BCUT2D eigenvalue weighted by Gasteiger charge is -2.44. The summed E-state index contributed by atoms with van der Waals surface area (Å²) < 4.78 is 39.7. The van der Waals surface area contributed by atoms with E-state index < -0.39 is 17.9 Å². The average Bonchev–Trinajstić information content (AvgIpc) is 3.14. The normalized spacial score (nSPS) is 25.2. The first kappa shape index (κ1) is 19.9. The van der Waals surface area contributed by atoms with Crippen LogP contribution in [0.3, 0.4) is 0 Å². The molecule has 0 unspecified atom stereocenters.